The molecule has 1 aliphatic heterocycles. The van der Waals surface area contributed by atoms with Crippen LogP contribution in [0.3, 0.4) is 0 Å². The third kappa shape index (κ3) is 3.03. The number of carbonyl (C=O) groups is 1. The van der Waals surface area contributed by atoms with Crippen LogP contribution >= 0.6 is 0 Å². The van der Waals surface area contributed by atoms with Crippen LogP contribution < -0.4 is 5.73 Å². The maximum Gasteiger partial charge on any atom is 0.324 e. The van der Waals surface area contributed by atoms with E-state index in [4.69, 9.17) is 10.5 Å². The number of aryl methyl sites for hydroxylation is 1. The first-order valence-corrected chi connectivity index (χ1v) is 8.36. The van der Waals surface area contributed by atoms with Gasteiger partial charge in [0.25, 0.3) is 0 Å². The zero-order valence-electron chi connectivity index (χ0n) is 12.2. The summed E-state index contributed by atoms with van der Waals surface area (Å²) in [5.41, 5.74) is 7.02. The highest BCUT2D eigenvalue weighted by Crippen LogP contribution is 2.28. The Morgan fingerprint density at radius 2 is 2.19 bits per heavy atom. The SMILES string of the molecule is CCOC(=O)C1CCCN1S(=O)(=O)c1ccc(C)c(N)c1. The molecule has 116 valence electrons. The van der Waals surface area contributed by atoms with E-state index in [-0.39, 0.29) is 11.5 Å². The Labute approximate surface area is 124 Å². The number of anilines is 1. The molecule has 0 bridgehead atoms. The molecule has 0 aliphatic carbocycles. The van der Waals surface area contributed by atoms with Crippen molar-refractivity contribution in [2.75, 3.05) is 18.9 Å². The number of nitrogens with zero attached hydrogens (tertiary/aromatic N) is 1. The van der Waals surface area contributed by atoms with Crippen molar-refractivity contribution in [2.24, 2.45) is 0 Å². The molecule has 1 aliphatic rings. The normalized spacial score (nSPS) is 19.6. The minimum atomic E-state index is -3.74. The lowest BCUT2D eigenvalue weighted by molar-refractivity contribution is -0.146. The summed E-state index contributed by atoms with van der Waals surface area (Å²) in [5.74, 6) is -0.487. The van der Waals surface area contributed by atoms with Crippen molar-refractivity contribution in [1.82, 2.24) is 4.31 Å². The van der Waals surface area contributed by atoms with Crippen LogP contribution in [-0.2, 0) is 19.6 Å². The summed E-state index contributed by atoms with van der Waals surface area (Å²) >= 11 is 0. The van der Waals surface area contributed by atoms with E-state index in [1.54, 1.807) is 13.0 Å². The number of hydrogen-bond donors (Lipinski definition) is 1. The first-order chi connectivity index (χ1) is 9.87. The summed E-state index contributed by atoms with van der Waals surface area (Å²) in [4.78, 5) is 12.0. The van der Waals surface area contributed by atoms with E-state index < -0.39 is 22.0 Å². The second kappa shape index (κ2) is 6.03. The Morgan fingerprint density at radius 1 is 1.48 bits per heavy atom. The smallest absolute Gasteiger partial charge is 0.324 e. The molecule has 1 heterocycles. The lowest BCUT2D eigenvalue weighted by Gasteiger charge is -2.22. The molecule has 2 N–H and O–H groups in total. The van der Waals surface area contributed by atoms with Gasteiger partial charge in [0.05, 0.1) is 11.5 Å². The molecule has 0 spiro atoms. The monoisotopic (exact) mass is 312 g/mol. The van der Waals surface area contributed by atoms with Crippen LogP contribution in [-0.4, -0.2) is 37.9 Å². The lowest BCUT2D eigenvalue weighted by Crippen LogP contribution is -2.41. The van der Waals surface area contributed by atoms with Crippen molar-refractivity contribution in [2.45, 2.75) is 37.6 Å². The molecule has 1 aromatic carbocycles. The minimum Gasteiger partial charge on any atom is -0.465 e. The highest BCUT2D eigenvalue weighted by molar-refractivity contribution is 7.89. The number of esters is 1. The van der Waals surface area contributed by atoms with Gasteiger partial charge in [0.2, 0.25) is 10.0 Å². The molecule has 7 heteroatoms. The topological polar surface area (TPSA) is 89.7 Å². The Hall–Kier alpha value is -1.60. The zero-order chi connectivity index (χ0) is 15.6. The quantitative estimate of drug-likeness (QED) is 0.668. The molecule has 0 saturated carbocycles. The minimum absolute atomic E-state index is 0.113. The Kier molecular flexibility index (Phi) is 4.53. The average molecular weight is 312 g/mol. The predicted octanol–water partition coefficient (Wildman–Crippen LogP) is 1.29. The number of carbonyl (C=O) groups excluding carboxylic acids is 1. The molecule has 1 saturated heterocycles. The number of benzene rings is 1. The number of nitrogen functional groups attached to an aromatic ring is 1. The van der Waals surface area contributed by atoms with Crippen LogP contribution in [0, 0.1) is 6.92 Å². The van der Waals surface area contributed by atoms with Gasteiger partial charge in [-0.15, -0.1) is 0 Å². The second-order valence-electron chi connectivity index (χ2n) is 5.04. The maximum absolute atomic E-state index is 12.7. The summed E-state index contributed by atoms with van der Waals surface area (Å²) in [5, 5.41) is 0. The summed E-state index contributed by atoms with van der Waals surface area (Å²) in [6, 6.07) is 3.88. The molecular weight excluding hydrogens is 292 g/mol. The lowest BCUT2D eigenvalue weighted by atomic mass is 10.2. The van der Waals surface area contributed by atoms with Crippen LogP contribution in [0.2, 0.25) is 0 Å². The zero-order valence-corrected chi connectivity index (χ0v) is 13.0. The number of nitrogens with two attached hydrogens (primary N) is 1. The van der Waals surface area contributed by atoms with E-state index in [9.17, 15) is 13.2 Å². The van der Waals surface area contributed by atoms with Gasteiger partial charge in [-0.2, -0.15) is 4.31 Å². The van der Waals surface area contributed by atoms with Crippen LogP contribution in [0.4, 0.5) is 5.69 Å². The number of rotatable bonds is 4. The van der Waals surface area contributed by atoms with Crippen molar-refractivity contribution in [1.29, 1.82) is 0 Å². The van der Waals surface area contributed by atoms with Crippen LogP contribution in [0.25, 0.3) is 0 Å². The Bertz CT molecular complexity index is 642. The highest BCUT2D eigenvalue weighted by atomic mass is 32.2. The van der Waals surface area contributed by atoms with Crippen molar-refractivity contribution < 1.29 is 17.9 Å². The molecule has 6 nitrogen and oxygen atoms in total. The fraction of sp³-hybridized carbons (Fsp3) is 0.500. The first-order valence-electron chi connectivity index (χ1n) is 6.92. The Balaban J connectivity index is 2.33. The third-order valence-electron chi connectivity index (χ3n) is 3.62. The molecule has 0 amide bonds. The van der Waals surface area contributed by atoms with Gasteiger partial charge >= 0.3 is 5.97 Å². The van der Waals surface area contributed by atoms with Crippen molar-refractivity contribution in [3.8, 4) is 0 Å². The van der Waals surface area contributed by atoms with Gasteiger partial charge in [-0.1, -0.05) is 6.07 Å². The molecule has 1 fully saturated rings. The van der Waals surface area contributed by atoms with E-state index in [1.165, 1.54) is 16.4 Å². The van der Waals surface area contributed by atoms with Crippen LogP contribution in [0.5, 0.6) is 0 Å². The average Bonchev–Trinajstić information content (AvgIpc) is 2.92. The predicted molar refractivity (Wildman–Crippen MR) is 79.1 cm³/mol. The number of ether oxygens (including phenoxy) is 1. The van der Waals surface area contributed by atoms with E-state index in [2.05, 4.69) is 0 Å². The van der Waals surface area contributed by atoms with Gasteiger partial charge in [0.15, 0.2) is 0 Å². The Morgan fingerprint density at radius 3 is 2.81 bits per heavy atom. The molecule has 1 unspecified atom stereocenters. The molecule has 1 aromatic rings. The van der Waals surface area contributed by atoms with Gasteiger partial charge < -0.3 is 10.5 Å². The highest BCUT2D eigenvalue weighted by Gasteiger charge is 2.40. The van der Waals surface area contributed by atoms with E-state index in [0.29, 0.717) is 25.1 Å². The summed E-state index contributed by atoms with van der Waals surface area (Å²) in [6.45, 7) is 4.07. The third-order valence-corrected chi connectivity index (χ3v) is 5.52. The number of sulfonamides is 1. The van der Waals surface area contributed by atoms with Crippen molar-refractivity contribution >= 4 is 21.7 Å². The molecule has 1 atom stereocenters. The second-order valence-corrected chi connectivity index (χ2v) is 6.93. The summed E-state index contributed by atoms with van der Waals surface area (Å²) in [7, 11) is -3.74. The van der Waals surface area contributed by atoms with Crippen molar-refractivity contribution in [3.63, 3.8) is 0 Å². The fourth-order valence-electron chi connectivity index (χ4n) is 2.42. The van der Waals surface area contributed by atoms with E-state index in [1.807, 2.05) is 6.92 Å². The van der Waals surface area contributed by atoms with Gasteiger partial charge in [-0.3, -0.25) is 4.79 Å². The fourth-order valence-corrected chi connectivity index (χ4v) is 4.10. The standard InChI is InChI=1S/C14H20N2O4S/c1-3-20-14(17)13-5-4-8-16(13)21(18,19)11-7-6-10(2)12(15)9-11/h6-7,9,13H,3-5,8,15H2,1-2H3. The van der Waals surface area contributed by atoms with Crippen LogP contribution in [0.1, 0.15) is 25.3 Å². The van der Waals surface area contributed by atoms with E-state index >= 15 is 0 Å². The first kappa shape index (κ1) is 15.8. The molecule has 0 radical (unpaired) electrons. The molecule has 21 heavy (non-hydrogen) atoms. The molecule has 0 aromatic heterocycles. The number of hydrogen-bond acceptors (Lipinski definition) is 5. The van der Waals surface area contributed by atoms with E-state index in [0.717, 1.165) is 5.56 Å². The summed E-state index contributed by atoms with van der Waals surface area (Å²) in [6.07, 6.45) is 1.13. The largest absolute Gasteiger partial charge is 0.465 e. The summed E-state index contributed by atoms with van der Waals surface area (Å²) < 4.78 is 31.5. The van der Waals surface area contributed by atoms with Gasteiger partial charge in [-0.25, -0.2) is 8.42 Å². The van der Waals surface area contributed by atoms with Crippen LogP contribution in [0.15, 0.2) is 23.1 Å². The molecule has 2 rings (SSSR count). The van der Waals surface area contributed by atoms with Gasteiger partial charge in [-0.05, 0) is 44.4 Å². The van der Waals surface area contributed by atoms with Crippen molar-refractivity contribution in [3.05, 3.63) is 23.8 Å². The van der Waals surface area contributed by atoms with Gasteiger partial charge in [0, 0.05) is 12.2 Å². The molecular formula is C14H20N2O4S. The maximum atomic E-state index is 12.7. The van der Waals surface area contributed by atoms with Gasteiger partial charge in [0.1, 0.15) is 6.04 Å².